The zero-order chi connectivity index (χ0) is 26.5. The minimum Gasteiger partial charge on any atom is -0.388 e. The molecular formula is C25H35N7O5. The average molecular weight is 514 g/mol. The van der Waals surface area contributed by atoms with Crippen molar-refractivity contribution < 1.29 is 25.0 Å². The van der Waals surface area contributed by atoms with Crippen molar-refractivity contribution in [3.8, 4) is 0 Å². The van der Waals surface area contributed by atoms with Gasteiger partial charge >= 0.3 is 0 Å². The molecule has 0 unspecified atom stereocenters. The highest BCUT2D eigenvalue weighted by Gasteiger charge is 2.43. The first kappa shape index (κ1) is 26.9. The van der Waals surface area contributed by atoms with E-state index in [0.717, 1.165) is 5.56 Å². The summed E-state index contributed by atoms with van der Waals surface area (Å²) in [6.45, 7) is 4.43. The molecule has 0 aliphatic carbocycles. The molecule has 0 spiro atoms. The van der Waals surface area contributed by atoms with Crippen LogP contribution in [0.5, 0.6) is 0 Å². The van der Waals surface area contributed by atoms with E-state index >= 15 is 0 Å². The fourth-order valence-corrected chi connectivity index (χ4v) is 4.37. The summed E-state index contributed by atoms with van der Waals surface area (Å²) in [5.74, 6) is -0.148. The molecule has 37 heavy (non-hydrogen) atoms. The number of benzene rings is 1. The van der Waals surface area contributed by atoms with Crippen LogP contribution in [0.4, 0.5) is 5.82 Å². The van der Waals surface area contributed by atoms with Crippen molar-refractivity contribution in [3.05, 3.63) is 48.5 Å². The molecule has 12 nitrogen and oxygen atoms in total. The number of hydroxylamine groups is 2. The summed E-state index contributed by atoms with van der Waals surface area (Å²) in [6.07, 6.45) is 0.0475. The number of hydrogen-bond donors (Lipinski definition) is 5. The van der Waals surface area contributed by atoms with E-state index in [-0.39, 0.29) is 12.5 Å². The maximum atomic E-state index is 12.4. The summed E-state index contributed by atoms with van der Waals surface area (Å²) < 4.78 is 7.65. The zero-order valence-electron chi connectivity index (χ0n) is 21.0. The first-order valence-electron chi connectivity index (χ1n) is 12.5. The van der Waals surface area contributed by atoms with E-state index < -0.39 is 36.4 Å². The molecule has 2 aromatic heterocycles. The Kier molecular flexibility index (Phi) is 8.67. The lowest BCUT2D eigenvalue weighted by atomic mass is 9.99. The van der Waals surface area contributed by atoms with Gasteiger partial charge in [0.2, 0.25) is 0 Å². The molecule has 200 valence electrons. The zero-order valence-corrected chi connectivity index (χ0v) is 21.0. The third kappa shape index (κ3) is 6.05. The van der Waals surface area contributed by atoms with Gasteiger partial charge in [-0.3, -0.25) is 10.0 Å². The van der Waals surface area contributed by atoms with Crippen molar-refractivity contribution in [1.82, 2.24) is 24.6 Å². The van der Waals surface area contributed by atoms with Crippen LogP contribution in [0.25, 0.3) is 11.2 Å². The fraction of sp³-hybridized carbons (Fsp3) is 0.520. The van der Waals surface area contributed by atoms with Crippen molar-refractivity contribution in [1.29, 1.82) is 0 Å². The molecule has 1 amide bonds. The second-order valence-electron chi connectivity index (χ2n) is 9.49. The molecule has 1 saturated heterocycles. The molecule has 0 radical (unpaired) electrons. The maximum absolute atomic E-state index is 12.4. The Morgan fingerprint density at radius 3 is 2.65 bits per heavy atom. The Morgan fingerprint density at radius 1 is 1.19 bits per heavy atom. The Balaban J connectivity index is 1.35. The molecule has 12 heteroatoms. The molecule has 1 aliphatic rings. The number of aromatic nitrogens is 4. The summed E-state index contributed by atoms with van der Waals surface area (Å²) in [4.78, 5) is 25.5. The Labute approximate surface area is 215 Å². The number of hydrogen-bond acceptors (Lipinski definition) is 10. The van der Waals surface area contributed by atoms with E-state index in [4.69, 9.17) is 10.5 Å². The summed E-state index contributed by atoms with van der Waals surface area (Å²) in [7, 11) is 0. The van der Waals surface area contributed by atoms with E-state index in [9.17, 15) is 20.2 Å². The third-order valence-electron chi connectivity index (χ3n) is 6.97. The highest BCUT2D eigenvalue weighted by atomic mass is 16.6. The van der Waals surface area contributed by atoms with Crippen molar-refractivity contribution in [2.45, 2.75) is 70.2 Å². The lowest BCUT2D eigenvalue weighted by Crippen LogP contribution is -2.49. The van der Waals surface area contributed by atoms with Crippen LogP contribution in [0.2, 0.25) is 0 Å². The molecule has 1 aromatic carbocycles. The van der Waals surface area contributed by atoms with Crippen LogP contribution in [0.3, 0.4) is 0 Å². The number of amides is 1. The van der Waals surface area contributed by atoms with Crippen LogP contribution >= 0.6 is 0 Å². The Hall–Kier alpha value is -3.16. The molecule has 6 N–H and O–H groups in total. The Morgan fingerprint density at radius 2 is 1.92 bits per heavy atom. The van der Waals surface area contributed by atoms with Crippen LogP contribution in [0.15, 0.2) is 43.0 Å². The van der Waals surface area contributed by atoms with Gasteiger partial charge in [0, 0.05) is 13.1 Å². The predicted octanol–water partition coefficient (Wildman–Crippen LogP) is 0.909. The normalized spacial score (nSPS) is 23.2. The SMILES string of the molecule is CC[C@H](C)[C@H](N)C(=O)N(O)C[C@H]1O[C@@H](CCn2cnc3c(NCc4ccccc4)ncnc32)[C@H](O)[C@@H]1O. The third-order valence-corrected chi connectivity index (χ3v) is 6.97. The molecule has 0 bridgehead atoms. The summed E-state index contributed by atoms with van der Waals surface area (Å²) in [5, 5.41) is 35.0. The second-order valence-corrected chi connectivity index (χ2v) is 9.49. The standard InChI is InChI=1S/C25H35N7O5/c1-3-15(2)19(26)25(35)32(36)12-18-22(34)21(33)17(37-18)9-10-31-14-30-20-23(28-13-29-24(20)31)27-11-16-7-5-4-6-8-16/h4-8,13-15,17-19,21-22,33-34,36H,3,9-12,26H2,1-2H3,(H,27,28,29)/t15-,17-,18+,19-,21-,22+/m0/s1. The smallest absolute Gasteiger partial charge is 0.263 e. The highest BCUT2D eigenvalue weighted by Crippen LogP contribution is 2.26. The first-order chi connectivity index (χ1) is 17.8. The number of nitrogens with zero attached hydrogens (tertiary/aromatic N) is 5. The molecule has 3 aromatic rings. The molecular weight excluding hydrogens is 478 g/mol. The van der Waals surface area contributed by atoms with Gasteiger partial charge in [-0.15, -0.1) is 0 Å². The van der Waals surface area contributed by atoms with Gasteiger partial charge in [-0.05, 0) is 17.9 Å². The largest absolute Gasteiger partial charge is 0.388 e. The predicted molar refractivity (Wildman–Crippen MR) is 135 cm³/mol. The lowest BCUT2D eigenvalue weighted by Gasteiger charge is -2.25. The topological polar surface area (TPSA) is 172 Å². The minimum atomic E-state index is -1.26. The molecule has 3 heterocycles. The lowest BCUT2D eigenvalue weighted by molar-refractivity contribution is -0.177. The highest BCUT2D eigenvalue weighted by molar-refractivity contribution is 5.82. The Bertz CT molecular complexity index is 1180. The number of nitrogens with one attached hydrogen (secondary N) is 1. The number of aliphatic hydroxyl groups is 2. The van der Waals surface area contributed by atoms with Crippen molar-refractivity contribution in [2.24, 2.45) is 11.7 Å². The number of ether oxygens (including phenoxy) is 1. The number of fused-ring (bicyclic) bond motifs is 1. The number of nitrogens with two attached hydrogens (primary N) is 1. The summed E-state index contributed by atoms with van der Waals surface area (Å²) in [5.41, 5.74) is 8.27. The van der Waals surface area contributed by atoms with Crippen LogP contribution in [0.1, 0.15) is 32.3 Å². The van der Waals surface area contributed by atoms with Gasteiger partial charge in [0.15, 0.2) is 11.5 Å². The van der Waals surface area contributed by atoms with E-state index in [1.165, 1.54) is 6.33 Å². The number of carbonyl (C=O) groups excluding carboxylic acids is 1. The van der Waals surface area contributed by atoms with Gasteiger partial charge in [0.25, 0.3) is 5.91 Å². The van der Waals surface area contributed by atoms with E-state index in [1.54, 1.807) is 6.33 Å². The number of aryl methyl sites for hydroxylation is 1. The van der Waals surface area contributed by atoms with Crippen LogP contribution in [-0.4, -0.2) is 82.9 Å². The molecule has 0 saturated carbocycles. The van der Waals surface area contributed by atoms with Crippen molar-refractivity contribution in [2.75, 3.05) is 11.9 Å². The maximum Gasteiger partial charge on any atom is 0.263 e. The number of imidazole rings is 1. The van der Waals surface area contributed by atoms with Gasteiger partial charge in [-0.2, -0.15) is 0 Å². The van der Waals surface area contributed by atoms with E-state index in [1.807, 2.05) is 48.7 Å². The van der Waals surface area contributed by atoms with Crippen LogP contribution in [0, 0.1) is 5.92 Å². The van der Waals surface area contributed by atoms with Gasteiger partial charge < -0.3 is 30.6 Å². The minimum absolute atomic E-state index is 0.113. The van der Waals surface area contributed by atoms with Gasteiger partial charge in [0.1, 0.15) is 30.2 Å². The molecule has 1 fully saturated rings. The molecule has 1 aliphatic heterocycles. The average Bonchev–Trinajstić information content (AvgIpc) is 3.46. The second kappa shape index (κ2) is 11.9. The van der Waals surface area contributed by atoms with Crippen LogP contribution < -0.4 is 11.1 Å². The van der Waals surface area contributed by atoms with Crippen molar-refractivity contribution in [3.63, 3.8) is 0 Å². The summed E-state index contributed by atoms with van der Waals surface area (Å²) >= 11 is 0. The monoisotopic (exact) mass is 513 g/mol. The number of rotatable bonds is 11. The van der Waals surface area contributed by atoms with Crippen LogP contribution in [-0.2, 0) is 22.6 Å². The fourth-order valence-electron chi connectivity index (χ4n) is 4.37. The quantitative estimate of drug-likeness (QED) is 0.183. The molecule has 6 atom stereocenters. The number of anilines is 1. The number of carbonyl (C=O) groups is 1. The number of aliphatic hydroxyl groups excluding tert-OH is 2. The van der Waals surface area contributed by atoms with Crippen molar-refractivity contribution >= 4 is 22.9 Å². The van der Waals surface area contributed by atoms with Gasteiger partial charge in [0.05, 0.1) is 25.0 Å². The van der Waals surface area contributed by atoms with Gasteiger partial charge in [-0.1, -0.05) is 50.6 Å². The van der Waals surface area contributed by atoms with E-state index in [2.05, 4.69) is 20.3 Å². The summed E-state index contributed by atoms with van der Waals surface area (Å²) in [6, 6.07) is 9.08. The van der Waals surface area contributed by atoms with Gasteiger partial charge in [-0.25, -0.2) is 20.0 Å². The first-order valence-corrected chi connectivity index (χ1v) is 12.5. The van der Waals surface area contributed by atoms with E-state index in [0.29, 0.717) is 48.0 Å². The molecule has 4 rings (SSSR count).